The van der Waals surface area contributed by atoms with E-state index in [0.717, 1.165) is 5.57 Å². The second-order valence-electron chi connectivity index (χ2n) is 12.3. The maximum Gasteiger partial charge on any atom is 0.405 e. The van der Waals surface area contributed by atoms with E-state index in [-0.39, 0.29) is 43.6 Å². The van der Waals surface area contributed by atoms with Gasteiger partial charge in [-0.1, -0.05) is 77.7 Å². The van der Waals surface area contributed by atoms with Crippen molar-refractivity contribution in [1.29, 1.82) is 0 Å². The van der Waals surface area contributed by atoms with Crippen LogP contribution < -0.4 is 5.73 Å². The molecule has 0 aromatic heterocycles. The summed E-state index contributed by atoms with van der Waals surface area (Å²) in [7, 11) is 0. The van der Waals surface area contributed by atoms with Crippen LogP contribution in [0.25, 0.3) is 0 Å². The van der Waals surface area contributed by atoms with Gasteiger partial charge in [0.05, 0.1) is 18.1 Å². The minimum Gasteiger partial charge on any atom is -0.462 e. The summed E-state index contributed by atoms with van der Waals surface area (Å²) >= 11 is 0. The second-order valence-corrected chi connectivity index (χ2v) is 12.3. The zero-order valence-electron chi connectivity index (χ0n) is 27.3. The molecule has 45 heavy (non-hydrogen) atoms. The van der Waals surface area contributed by atoms with Crippen LogP contribution in [0.3, 0.4) is 0 Å². The van der Waals surface area contributed by atoms with E-state index in [0.29, 0.717) is 12.0 Å². The average Bonchev–Trinajstić information content (AvgIpc) is 2.99. The third-order valence-corrected chi connectivity index (χ3v) is 9.08. The van der Waals surface area contributed by atoms with E-state index in [1.165, 1.54) is 0 Å². The lowest BCUT2D eigenvalue weighted by atomic mass is 9.77. The van der Waals surface area contributed by atoms with Crippen LogP contribution in [0, 0.1) is 23.7 Å². The van der Waals surface area contributed by atoms with E-state index in [1.54, 1.807) is 50.3 Å². The fourth-order valence-electron chi connectivity index (χ4n) is 5.85. The van der Waals surface area contributed by atoms with Gasteiger partial charge < -0.3 is 30.2 Å². The number of allylic oxidation sites excluding steroid dienone is 4. The summed E-state index contributed by atoms with van der Waals surface area (Å²) < 4.78 is 16.5. The molecule has 0 saturated carbocycles. The number of hydrogen-bond acceptors (Lipinski definition) is 10. The summed E-state index contributed by atoms with van der Waals surface area (Å²) in [4.78, 5) is 41.3. The Morgan fingerprint density at radius 2 is 1.82 bits per heavy atom. The molecule has 5 N–H and O–H groups in total. The van der Waals surface area contributed by atoms with Crippen LogP contribution in [0.4, 0.5) is 4.79 Å². The molecule has 252 valence electrons. The topological polar surface area (TPSA) is 175 Å². The van der Waals surface area contributed by atoms with Gasteiger partial charge in [0.1, 0.15) is 24.4 Å². The first kappa shape index (κ1) is 37.9. The van der Waals surface area contributed by atoms with Gasteiger partial charge in [-0.15, -0.1) is 0 Å². The van der Waals surface area contributed by atoms with Crippen LogP contribution in [0.1, 0.15) is 73.6 Å². The van der Waals surface area contributed by atoms with Crippen molar-refractivity contribution in [2.24, 2.45) is 29.4 Å². The Morgan fingerprint density at radius 1 is 1.16 bits per heavy atom. The molecule has 0 aromatic rings. The normalized spacial score (nSPS) is 37.5. The molecule has 1 fully saturated rings. The van der Waals surface area contributed by atoms with Gasteiger partial charge in [-0.25, -0.2) is 9.68 Å². The minimum atomic E-state index is -1.22. The smallest absolute Gasteiger partial charge is 0.405 e. The Hall–Kier alpha value is -3.25. The molecule has 0 aromatic carbocycles. The molecular formula is C34H51NO10. The summed E-state index contributed by atoms with van der Waals surface area (Å²) in [5, 5.41) is 31.8. The van der Waals surface area contributed by atoms with Crippen molar-refractivity contribution in [3.05, 3.63) is 60.3 Å². The fourth-order valence-corrected chi connectivity index (χ4v) is 5.85. The highest BCUT2D eigenvalue weighted by Gasteiger charge is 2.45. The Labute approximate surface area is 266 Å². The molecule has 0 bridgehead atoms. The summed E-state index contributed by atoms with van der Waals surface area (Å²) in [6, 6.07) is 0. The number of primary amides is 1. The van der Waals surface area contributed by atoms with E-state index >= 15 is 0 Å². The monoisotopic (exact) mass is 633 g/mol. The van der Waals surface area contributed by atoms with Gasteiger partial charge in [-0.2, -0.15) is 0 Å². The van der Waals surface area contributed by atoms with Crippen LogP contribution in [0.15, 0.2) is 60.3 Å². The summed E-state index contributed by atoms with van der Waals surface area (Å²) in [5.74, 6) is -2.65. The van der Waals surface area contributed by atoms with E-state index in [2.05, 4.69) is 11.5 Å². The van der Waals surface area contributed by atoms with E-state index in [4.69, 9.17) is 19.9 Å². The first-order valence-electron chi connectivity index (χ1n) is 15.6. The predicted molar refractivity (Wildman–Crippen MR) is 168 cm³/mol. The summed E-state index contributed by atoms with van der Waals surface area (Å²) in [6.45, 7) is 14.9. The molecule has 10 atom stereocenters. The lowest BCUT2D eigenvalue weighted by molar-refractivity contribution is -0.271. The quantitative estimate of drug-likeness (QED) is 0.0751. The summed E-state index contributed by atoms with van der Waals surface area (Å²) in [6.07, 6.45) is 8.08. The van der Waals surface area contributed by atoms with Gasteiger partial charge in [0.15, 0.2) is 0 Å². The Bertz CT molecular complexity index is 1160. The number of rotatable bonds is 7. The van der Waals surface area contributed by atoms with Gasteiger partial charge in [0, 0.05) is 30.1 Å². The number of aliphatic hydroxyl groups is 2. The average molecular weight is 634 g/mol. The Balaban J connectivity index is 2.34. The largest absolute Gasteiger partial charge is 0.462 e. The molecule has 1 saturated heterocycles. The molecule has 2 aliphatic rings. The molecule has 2 rings (SSSR count). The maximum absolute atomic E-state index is 13.0. The number of aliphatic hydroxyl groups excluding tert-OH is 1. The third kappa shape index (κ3) is 10.7. The number of hydrogen-bond donors (Lipinski definition) is 4. The number of amides is 1. The molecule has 11 heteroatoms. The van der Waals surface area contributed by atoms with Crippen molar-refractivity contribution in [2.45, 2.75) is 110 Å². The highest BCUT2D eigenvalue weighted by Crippen LogP contribution is 2.36. The van der Waals surface area contributed by atoms with E-state index in [9.17, 15) is 29.9 Å². The molecule has 1 amide bonds. The number of nitrogens with two attached hydrogens (primary N) is 1. The molecule has 0 radical (unpaired) electrons. The molecule has 11 nitrogen and oxygen atoms in total. The maximum atomic E-state index is 13.0. The number of ether oxygens (including phenoxy) is 3. The fraction of sp³-hybridized carbons (Fsp3) is 0.618. The standard InChI is InChI=1S/C34H51NO10/c1-8-26-25(7)34(40,19-30(37)42-26)18-12-11-14-21(3)32-20(2)13-9-10-15-27(43-33(35)39)24(6)31(38)23(5)22(4)28(45-41)16-17-29(36)44-32/h9-15,20,23-28,31-32,38,40-41H,4,8,16-19H2,1-3,5-7H3,(H2,35,39)/b12-11+,13-9-,15-10-,21-14+/t20-,23+,24+,25-,26-,27-,28+,31-,32-,34-/m0/s1. The Morgan fingerprint density at radius 3 is 2.44 bits per heavy atom. The molecular weight excluding hydrogens is 582 g/mol. The van der Waals surface area contributed by atoms with Crippen LogP contribution in [-0.4, -0.2) is 69.6 Å². The predicted octanol–water partition coefficient (Wildman–Crippen LogP) is 4.94. The zero-order valence-corrected chi connectivity index (χ0v) is 27.3. The molecule has 0 aliphatic carbocycles. The summed E-state index contributed by atoms with van der Waals surface area (Å²) in [5.41, 5.74) is 5.16. The lowest BCUT2D eigenvalue weighted by Gasteiger charge is -2.41. The highest BCUT2D eigenvalue weighted by atomic mass is 17.1. The minimum absolute atomic E-state index is 0.0539. The van der Waals surface area contributed by atoms with Gasteiger partial charge in [0.25, 0.3) is 0 Å². The SMILES string of the molecule is C=C1[C@@H](C)[C@H](O)[C@H](C)[C@@H](OC(N)=O)/C=C\C=C/[C@H](C)[C@@H](/C(C)=C/C=C/C[C@]2(O)CC(=O)O[C@@H](CC)[C@@H]2C)OC(=O)CC[C@H]1OO. The number of carbonyl (C=O) groups is 3. The lowest BCUT2D eigenvalue weighted by Crippen LogP contribution is -2.50. The van der Waals surface area contributed by atoms with Crippen LogP contribution in [0.2, 0.25) is 0 Å². The van der Waals surface area contributed by atoms with Gasteiger partial charge in [-0.05, 0) is 43.4 Å². The van der Waals surface area contributed by atoms with Crippen LogP contribution in [-0.2, 0) is 28.7 Å². The number of esters is 2. The van der Waals surface area contributed by atoms with E-state index < -0.39 is 59.9 Å². The second kappa shape index (κ2) is 17.4. The zero-order chi connectivity index (χ0) is 33.9. The van der Waals surface area contributed by atoms with Gasteiger partial charge >= 0.3 is 18.0 Å². The van der Waals surface area contributed by atoms with Crippen molar-refractivity contribution in [3.8, 4) is 0 Å². The highest BCUT2D eigenvalue weighted by molar-refractivity contribution is 5.72. The van der Waals surface area contributed by atoms with Gasteiger partial charge in [0.2, 0.25) is 0 Å². The van der Waals surface area contributed by atoms with Crippen molar-refractivity contribution in [3.63, 3.8) is 0 Å². The number of cyclic esters (lactones) is 2. The number of carbonyl (C=O) groups excluding carboxylic acids is 3. The van der Waals surface area contributed by atoms with Crippen molar-refractivity contribution < 1.29 is 49.0 Å². The van der Waals surface area contributed by atoms with Crippen molar-refractivity contribution in [1.82, 2.24) is 0 Å². The molecule has 2 heterocycles. The van der Waals surface area contributed by atoms with Crippen molar-refractivity contribution >= 4 is 18.0 Å². The molecule has 0 spiro atoms. The van der Waals surface area contributed by atoms with Crippen LogP contribution >= 0.6 is 0 Å². The van der Waals surface area contributed by atoms with Crippen molar-refractivity contribution in [2.75, 3.05) is 0 Å². The first-order chi connectivity index (χ1) is 21.1. The first-order valence-corrected chi connectivity index (χ1v) is 15.6. The third-order valence-electron chi connectivity index (χ3n) is 9.08. The van der Waals surface area contributed by atoms with Gasteiger partial charge in [-0.3, -0.25) is 14.8 Å². The molecule has 2 aliphatic heterocycles. The van der Waals surface area contributed by atoms with E-state index in [1.807, 2.05) is 33.8 Å². The molecule has 0 unspecified atom stereocenters. The van der Waals surface area contributed by atoms with Crippen LogP contribution in [0.5, 0.6) is 0 Å². The Kier molecular flexibility index (Phi) is 14.7.